The van der Waals surface area contributed by atoms with Crippen molar-refractivity contribution in [1.82, 2.24) is 0 Å². The number of benzene rings is 2. The van der Waals surface area contributed by atoms with E-state index < -0.39 is 0 Å². The van der Waals surface area contributed by atoms with Crippen molar-refractivity contribution in [2.45, 2.75) is 60.4 Å². The lowest BCUT2D eigenvalue weighted by Crippen LogP contribution is -2.16. The molecule has 2 nitrogen and oxygen atoms in total. The van der Waals surface area contributed by atoms with Crippen LogP contribution in [0.4, 0.5) is 11.4 Å². The van der Waals surface area contributed by atoms with Gasteiger partial charge in [-0.25, -0.2) is 0 Å². The molecular weight excluding hydrogens is 316 g/mol. The third-order valence-electron chi connectivity index (χ3n) is 4.82. The van der Waals surface area contributed by atoms with E-state index in [1.165, 1.54) is 40.8 Å². The van der Waals surface area contributed by atoms with Crippen LogP contribution in [0.5, 0.6) is 0 Å². The molecule has 0 aromatic heterocycles. The molecule has 0 aliphatic heterocycles. The van der Waals surface area contributed by atoms with Crippen molar-refractivity contribution in [2.24, 2.45) is 0 Å². The zero-order chi connectivity index (χ0) is 19.5. The second-order valence-electron chi connectivity index (χ2n) is 6.93. The van der Waals surface area contributed by atoms with E-state index >= 15 is 0 Å². The molecule has 2 N–H and O–H groups in total. The Morgan fingerprint density at radius 2 is 1.31 bits per heavy atom. The average molecular weight is 353 g/mol. The maximum atomic E-state index is 3.65. The van der Waals surface area contributed by atoms with Gasteiger partial charge in [0.1, 0.15) is 0 Å². The number of nitrogens with one attached hydrogen (secondary N) is 2. The van der Waals surface area contributed by atoms with Crippen LogP contribution < -0.4 is 10.6 Å². The van der Waals surface area contributed by atoms with E-state index in [0.717, 1.165) is 12.2 Å². The van der Waals surface area contributed by atoms with Gasteiger partial charge in [-0.2, -0.15) is 0 Å². The number of rotatable bonds is 7. The predicted octanol–water partition coefficient (Wildman–Crippen LogP) is 6.81. The Balaban J connectivity index is 0.000000263. The fourth-order valence-electron chi connectivity index (χ4n) is 2.60. The fraction of sp³-hybridized carbons (Fsp3) is 0.417. The van der Waals surface area contributed by atoms with Crippen LogP contribution in [0.2, 0.25) is 0 Å². The second-order valence-corrected chi connectivity index (χ2v) is 6.93. The second kappa shape index (κ2) is 11.4. The summed E-state index contributed by atoms with van der Waals surface area (Å²) >= 11 is 0. The summed E-state index contributed by atoms with van der Waals surface area (Å²) < 4.78 is 0. The third-order valence-corrected chi connectivity index (χ3v) is 4.82. The van der Waals surface area contributed by atoms with Crippen LogP contribution in [0.15, 0.2) is 49.1 Å². The summed E-state index contributed by atoms with van der Waals surface area (Å²) in [6.45, 7) is 17.5. The number of hydrogen-bond acceptors (Lipinski definition) is 2. The van der Waals surface area contributed by atoms with Crippen molar-refractivity contribution >= 4 is 11.4 Å². The molecule has 0 spiro atoms. The lowest BCUT2D eigenvalue weighted by Gasteiger charge is -2.17. The molecular formula is C24H36N2. The summed E-state index contributed by atoms with van der Waals surface area (Å²) in [7, 11) is 0. The minimum Gasteiger partial charge on any atom is -0.382 e. The molecule has 0 heterocycles. The molecule has 0 aliphatic carbocycles. The lowest BCUT2D eigenvalue weighted by atomic mass is 10.1. The highest BCUT2D eigenvalue weighted by Crippen LogP contribution is 2.16. The van der Waals surface area contributed by atoms with Gasteiger partial charge >= 0.3 is 0 Å². The molecule has 0 unspecified atom stereocenters. The first-order valence-corrected chi connectivity index (χ1v) is 9.67. The molecule has 142 valence electrons. The molecule has 2 aromatic carbocycles. The van der Waals surface area contributed by atoms with Crippen LogP contribution in [-0.2, 0) is 0 Å². The van der Waals surface area contributed by atoms with E-state index in [9.17, 15) is 0 Å². The van der Waals surface area contributed by atoms with Gasteiger partial charge in [0.25, 0.3) is 0 Å². The minimum atomic E-state index is 0.608. The Kier molecular flexibility index (Phi) is 9.57. The first kappa shape index (κ1) is 21.8. The molecule has 0 amide bonds. The maximum Gasteiger partial charge on any atom is 0.0345 e. The number of aryl methyl sites for hydroxylation is 4. The Labute approximate surface area is 160 Å². The largest absolute Gasteiger partial charge is 0.382 e. The van der Waals surface area contributed by atoms with Gasteiger partial charge in [-0.05, 0) is 87.1 Å². The fourth-order valence-corrected chi connectivity index (χ4v) is 2.60. The first-order valence-electron chi connectivity index (χ1n) is 9.67. The van der Waals surface area contributed by atoms with E-state index in [4.69, 9.17) is 0 Å². The standard InChI is InChI=1S/C13H21N.C11H15N/c1-5-12(6-2)14-13-8-7-10(3)11(4)9-13;1-4-7-12-11-6-5-9(2)10(3)8-11/h7-9,12,14H,5-6H2,1-4H3;4-6,8,12H,1,7H2,2-3H3. The van der Waals surface area contributed by atoms with Gasteiger partial charge in [0.15, 0.2) is 0 Å². The molecule has 0 aliphatic rings. The van der Waals surface area contributed by atoms with Crippen LogP contribution in [0.1, 0.15) is 48.9 Å². The quantitative estimate of drug-likeness (QED) is 0.535. The lowest BCUT2D eigenvalue weighted by molar-refractivity contribution is 0.671. The topological polar surface area (TPSA) is 24.1 Å². The highest BCUT2D eigenvalue weighted by Gasteiger charge is 2.03. The highest BCUT2D eigenvalue weighted by atomic mass is 14.9. The summed E-state index contributed by atoms with van der Waals surface area (Å²) in [5, 5.41) is 6.79. The van der Waals surface area contributed by atoms with Crippen LogP contribution in [0, 0.1) is 27.7 Å². The van der Waals surface area contributed by atoms with Crippen LogP contribution >= 0.6 is 0 Å². The Hall–Kier alpha value is -2.22. The normalized spacial score (nSPS) is 10.1. The summed E-state index contributed by atoms with van der Waals surface area (Å²) in [6, 6.07) is 13.6. The van der Waals surface area contributed by atoms with Crippen molar-refractivity contribution in [2.75, 3.05) is 17.2 Å². The van der Waals surface area contributed by atoms with E-state index in [1.54, 1.807) is 0 Å². The van der Waals surface area contributed by atoms with Crippen molar-refractivity contribution in [1.29, 1.82) is 0 Å². The van der Waals surface area contributed by atoms with Gasteiger partial charge in [-0.15, -0.1) is 6.58 Å². The zero-order valence-electron chi connectivity index (χ0n) is 17.4. The van der Waals surface area contributed by atoms with Crippen molar-refractivity contribution in [3.05, 3.63) is 71.3 Å². The smallest absolute Gasteiger partial charge is 0.0345 e. The predicted molar refractivity (Wildman–Crippen MR) is 119 cm³/mol. The SMILES string of the molecule is C=CCNc1ccc(C)c(C)c1.CCC(CC)Nc1ccc(C)c(C)c1. The Bertz CT molecular complexity index is 685. The van der Waals surface area contributed by atoms with Gasteiger partial charge in [0.2, 0.25) is 0 Å². The molecule has 26 heavy (non-hydrogen) atoms. The molecule has 0 radical (unpaired) electrons. The minimum absolute atomic E-state index is 0.608. The molecule has 0 atom stereocenters. The van der Waals surface area contributed by atoms with Crippen molar-refractivity contribution in [3.8, 4) is 0 Å². The average Bonchev–Trinajstić information content (AvgIpc) is 2.64. The van der Waals surface area contributed by atoms with Gasteiger partial charge in [0, 0.05) is 24.0 Å². The van der Waals surface area contributed by atoms with E-state index in [1.807, 2.05) is 6.08 Å². The Morgan fingerprint density at radius 1 is 0.808 bits per heavy atom. The summed E-state index contributed by atoms with van der Waals surface area (Å²) in [5.41, 5.74) is 7.80. The third kappa shape index (κ3) is 7.35. The van der Waals surface area contributed by atoms with Crippen LogP contribution in [0.25, 0.3) is 0 Å². The first-order chi connectivity index (χ1) is 12.4. The van der Waals surface area contributed by atoms with Crippen molar-refractivity contribution < 1.29 is 0 Å². The summed E-state index contributed by atoms with van der Waals surface area (Å²) in [5.74, 6) is 0. The van der Waals surface area contributed by atoms with E-state index in [0.29, 0.717) is 6.04 Å². The molecule has 2 aromatic rings. The van der Waals surface area contributed by atoms with Gasteiger partial charge in [0.05, 0.1) is 0 Å². The zero-order valence-corrected chi connectivity index (χ0v) is 17.4. The number of hydrogen-bond donors (Lipinski definition) is 2. The Morgan fingerprint density at radius 3 is 1.77 bits per heavy atom. The van der Waals surface area contributed by atoms with Gasteiger partial charge in [-0.1, -0.05) is 32.1 Å². The highest BCUT2D eigenvalue weighted by molar-refractivity contribution is 5.49. The molecule has 0 saturated heterocycles. The molecule has 2 heteroatoms. The summed E-state index contributed by atoms with van der Waals surface area (Å²) in [6.07, 6.45) is 4.22. The van der Waals surface area contributed by atoms with Gasteiger partial charge < -0.3 is 10.6 Å². The molecule has 0 saturated carbocycles. The van der Waals surface area contributed by atoms with E-state index in [-0.39, 0.29) is 0 Å². The number of anilines is 2. The van der Waals surface area contributed by atoms with Crippen LogP contribution in [-0.4, -0.2) is 12.6 Å². The van der Waals surface area contributed by atoms with Crippen LogP contribution in [0.3, 0.4) is 0 Å². The maximum absolute atomic E-state index is 3.65. The molecule has 2 rings (SSSR count). The summed E-state index contributed by atoms with van der Waals surface area (Å²) in [4.78, 5) is 0. The molecule has 0 fully saturated rings. The monoisotopic (exact) mass is 352 g/mol. The van der Waals surface area contributed by atoms with E-state index in [2.05, 4.69) is 95.2 Å². The van der Waals surface area contributed by atoms with Gasteiger partial charge in [-0.3, -0.25) is 0 Å². The molecule has 0 bridgehead atoms. The van der Waals surface area contributed by atoms with Crippen molar-refractivity contribution in [3.63, 3.8) is 0 Å².